The predicted molar refractivity (Wildman–Crippen MR) is 92.9 cm³/mol. The molecule has 7 heteroatoms. The average Bonchev–Trinajstić information content (AvgIpc) is 2.49. The van der Waals surface area contributed by atoms with Crippen molar-refractivity contribution in [1.29, 1.82) is 0 Å². The van der Waals surface area contributed by atoms with Gasteiger partial charge in [-0.3, -0.25) is 4.79 Å². The van der Waals surface area contributed by atoms with Gasteiger partial charge in [0.2, 0.25) is 5.91 Å². The topological polar surface area (TPSA) is 71.1 Å². The number of nitrogens with zero attached hydrogens (tertiary/aromatic N) is 2. The van der Waals surface area contributed by atoms with Crippen LogP contribution in [0.2, 0.25) is 0 Å². The zero-order valence-corrected chi connectivity index (χ0v) is 15.9. The third-order valence-electron chi connectivity index (χ3n) is 3.95. The van der Waals surface area contributed by atoms with Gasteiger partial charge in [-0.25, -0.2) is 4.79 Å². The molecule has 7 nitrogen and oxygen atoms in total. The zero-order chi connectivity index (χ0) is 18.3. The number of carbonyl (C=O) groups is 2. The molecule has 1 unspecified atom stereocenters. The van der Waals surface area contributed by atoms with Gasteiger partial charge in [0.05, 0.1) is 13.2 Å². The van der Waals surface area contributed by atoms with E-state index in [4.69, 9.17) is 9.47 Å². The smallest absolute Gasteiger partial charge is 0.410 e. The van der Waals surface area contributed by atoms with Gasteiger partial charge in [0.1, 0.15) is 5.60 Å². The van der Waals surface area contributed by atoms with Gasteiger partial charge in [-0.15, -0.1) is 0 Å². The summed E-state index contributed by atoms with van der Waals surface area (Å²) in [5, 5.41) is 3.26. The second-order valence-corrected chi connectivity index (χ2v) is 7.53. The molecule has 0 aliphatic carbocycles. The maximum Gasteiger partial charge on any atom is 0.410 e. The minimum Gasteiger partial charge on any atom is -0.444 e. The standard InChI is InChI=1S/C17H33N3O4/c1-13(2)14(12-23-6)18-11-15(21)19-7-9-20(10-8-19)16(22)24-17(3,4)5/h13-14,18H,7-12H2,1-6H3. The van der Waals surface area contributed by atoms with Crippen LogP contribution in [0.3, 0.4) is 0 Å². The number of nitrogens with one attached hydrogen (secondary N) is 1. The van der Waals surface area contributed by atoms with Crippen molar-refractivity contribution in [3.05, 3.63) is 0 Å². The Bertz CT molecular complexity index is 413. The molecule has 0 spiro atoms. The summed E-state index contributed by atoms with van der Waals surface area (Å²) in [5.74, 6) is 0.447. The van der Waals surface area contributed by atoms with Crippen molar-refractivity contribution in [1.82, 2.24) is 15.1 Å². The molecule has 0 aromatic heterocycles. The van der Waals surface area contributed by atoms with Crippen LogP contribution in [0, 0.1) is 5.92 Å². The molecule has 140 valence electrons. The highest BCUT2D eigenvalue weighted by molar-refractivity contribution is 5.78. The summed E-state index contributed by atoms with van der Waals surface area (Å²) < 4.78 is 10.5. The number of carbonyl (C=O) groups excluding carboxylic acids is 2. The van der Waals surface area contributed by atoms with Crippen LogP contribution in [-0.4, -0.2) is 79.9 Å². The molecule has 0 bridgehead atoms. The van der Waals surface area contributed by atoms with Gasteiger partial charge in [0.15, 0.2) is 0 Å². The molecule has 1 fully saturated rings. The van der Waals surface area contributed by atoms with E-state index in [2.05, 4.69) is 19.2 Å². The minimum atomic E-state index is -0.499. The minimum absolute atomic E-state index is 0.0561. The van der Waals surface area contributed by atoms with E-state index >= 15 is 0 Å². The number of methoxy groups -OCH3 is 1. The van der Waals surface area contributed by atoms with E-state index < -0.39 is 5.60 Å². The third-order valence-corrected chi connectivity index (χ3v) is 3.95. The number of hydrogen-bond acceptors (Lipinski definition) is 5. The van der Waals surface area contributed by atoms with Crippen LogP contribution in [0.5, 0.6) is 0 Å². The van der Waals surface area contributed by atoms with Crippen LogP contribution >= 0.6 is 0 Å². The van der Waals surface area contributed by atoms with Gasteiger partial charge in [0.25, 0.3) is 0 Å². The fraction of sp³-hybridized carbons (Fsp3) is 0.882. The first-order chi connectivity index (χ1) is 11.1. The van der Waals surface area contributed by atoms with Crippen LogP contribution in [0.15, 0.2) is 0 Å². The second-order valence-electron chi connectivity index (χ2n) is 7.53. The average molecular weight is 343 g/mol. The maximum absolute atomic E-state index is 12.3. The Hall–Kier alpha value is -1.34. The number of rotatable bonds is 6. The van der Waals surface area contributed by atoms with Crippen LogP contribution in [0.4, 0.5) is 4.79 Å². The Morgan fingerprint density at radius 3 is 2.08 bits per heavy atom. The number of ether oxygens (including phenoxy) is 2. The van der Waals surface area contributed by atoms with Gasteiger partial charge in [0, 0.05) is 39.3 Å². The summed E-state index contributed by atoms with van der Waals surface area (Å²) in [5.41, 5.74) is -0.499. The Labute approximate surface area is 145 Å². The van der Waals surface area contributed by atoms with Crippen molar-refractivity contribution in [2.24, 2.45) is 5.92 Å². The van der Waals surface area contributed by atoms with Crippen molar-refractivity contribution in [3.8, 4) is 0 Å². The number of hydrogen-bond donors (Lipinski definition) is 1. The summed E-state index contributed by atoms with van der Waals surface area (Å²) in [6, 6.07) is 0.155. The van der Waals surface area contributed by atoms with Crippen molar-refractivity contribution >= 4 is 12.0 Å². The SMILES string of the molecule is COCC(NCC(=O)N1CCN(C(=O)OC(C)(C)C)CC1)C(C)C. The summed E-state index contributed by atoms with van der Waals surface area (Å²) in [4.78, 5) is 27.8. The number of amides is 2. The largest absolute Gasteiger partial charge is 0.444 e. The third kappa shape index (κ3) is 7.05. The molecular formula is C17H33N3O4. The van der Waals surface area contributed by atoms with E-state index in [0.29, 0.717) is 45.2 Å². The van der Waals surface area contributed by atoms with E-state index in [1.54, 1.807) is 16.9 Å². The normalized spacial score (nSPS) is 17.1. The second kappa shape index (κ2) is 9.22. The van der Waals surface area contributed by atoms with E-state index in [1.165, 1.54) is 0 Å². The van der Waals surface area contributed by atoms with Gasteiger partial charge in [-0.05, 0) is 26.7 Å². The molecule has 24 heavy (non-hydrogen) atoms. The van der Waals surface area contributed by atoms with Crippen molar-refractivity contribution < 1.29 is 19.1 Å². The summed E-state index contributed by atoms with van der Waals surface area (Å²) in [6.45, 7) is 12.7. The fourth-order valence-corrected chi connectivity index (χ4v) is 2.46. The fourth-order valence-electron chi connectivity index (χ4n) is 2.46. The monoisotopic (exact) mass is 343 g/mol. The lowest BCUT2D eigenvalue weighted by Gasteiger charge is -2.36. The van der Waals surface area contributed by atoms with Crippen LogP contribution < -0.4 is 5.32 Å². The molecule has 0 radical (unpaired) electrons. The molecule has 0 saturated carbocycles. The highest BCUT2D eigenvalue weighted by atomic mass is 16.6. The van der Waals surface area contributed by atoms with Crippen LogP contribution in [-0.2, 0) is 14.3 Å². The molecule has 1 N–H and O–H groups in total. The Morgan fingerprint density at radius 1 is 1.08 bits per heavy atom. The van der Waals surface area contributed by atoms with Crippen molar-refractivity contribution in [2.45, 2.75) is 46.3 Å². The maximum atomic E-state index is 12.3. The molecule has 1 atom stereocenters. The van der Waals surface area contributed by atoms with E-state index in [0.717, 1.165) is 0 Å². The van der Waals surface area contributed by atoms with Crippen molar-refractivity contribution in [2.75, 3.05) is 46.4 Å². The molecule has 0 aromatic carbocycles. The molecule has 1 heterocycles. The quantitative estimate of drug-likeness (QED) is 0.788. The first kappa shape index (κ1) is 20.7. The molecule has 2 amide bonds. The molecule has 0 aromatic rings. The highest BCUT2D eigenvalue weighted by Crippen LogP contribution is 2.12. The summed E-state index contributed by atoms with van der Waals surface area (Å²) in [6.07, 6.45) is -0.312. The lowest BCUT2D eigenvalue weighted by atomic mass is 10.1. The Balaban J connectivity index is 2.39. The lowest BCUT2D eigenvalue weighted by molar-refractivity contribution is -0.132. The lowest BCUT2D eigenvalue weighted by Crippen LogP contribution is -2.54. The molecule has 1 saturated heterocycles. The van der Waals surface area contributed by atoms with E-state index in [1.807, 2.05) is 20.8 Å². The van der Waals surface area contributed by atoms with Gasteiger partial charge in [-0.1, -0.05) is 13.8 Å². The predicted octanol–water partition coefficient (Wildman–Crippen LogP) is 1.33. The first-order valence-corrected chi connectivity index (χ1v) is 8.62. The van der Waals surface area contributed by atoms with Crippen LogP contribution in [0.25, 0.3) is 0 Å². The van der Waals surface area contributed by atoms with Gasteiger partial charge in [-0.2, -0.15) is 0 Å². The zero-order valence-electron chi connectivity index (χ0n) is 15.9. The first-order valence-electron chi connectivity index (χ1n) is 8.62. The molecule has 1 aliphatic rings. The van der Waals surface area contributed by atoms with Gasteiger partial charge >= 0.3 is 6.09 Å². The summed E-state index contributed by atoms with van der Waals surface area (Å²) >= 11 is 0. The van der Waals surface area contributed by atoms with Crippen molar-refractivity contribution in [3.63, 3.8) is 0 Å². The molecular weight excluding hydrogens is 310 g/mol. The Morgan fingerprint density at radius 2 is 1.62 bits per heavy atom. The van der Waals surface area contributed by atoms with E-state index in [9.17, 15) is 9.59 Å². The molecule has 1 rings (SSSR count). The summed E-state index contributed by atoms with van der Waals surface area (Å²) in [7, 11) is 1.66. The highest BCUT2D eigenvalue weighted by Gasteiger charge is 2.27. The Kier molecular flexibility index (Phi) is 7.96. The van der Waals surface area contributed by atoms with Gasteiger partial charge < -0.3 is 24.6 Å². The number of piperazine rings is 1. The van der Waals surface area contributed by atoms with Crippen LogP contribution in [0.1, 0.15) is 34.6 Å². The molecule has 1 aliphatic heterocycles. The van der Waals surface area contributed by atoms with E-state index in [-0.39, 0.29) is 18.0 Å².